The SMILES string of the molecule is C=C(C)CCCCCCCCC(=O)OC. The van der Waals surface area contributed by atoms with Crippen molar-refractivity contribution in [2.75, 3.05) is 7.11 Å². The zero-order valence-corrected chi connectivity index (χ0v) is 10.2. The van der Waals surface area contributed by atoms with Crippen LogP contribution in [0.3, 0.4) is 0 Å². The second kappa shape index (κ2) is 9.75. The fourth-order valence-corrected chi connectivity index (χ4v) is 1.51. The second-order valence-electron chi connectivity index (χ2n) is 4.15. The molecule has 0 saturated carbocycles. The summed E-state index contributed by atoms with van der Waals surface area (Å²) in [5, 5.41) is 0. The van der Waals surface area contributed by atoms with Gasteiger partial charge in [0.15, 0.2) is 0 Å². The number of carbonyl (C=O) groups is 1. The van der Waals surface area contributed by atoms with E-state index >= 15 is 0 Å². The van der Waals surface area contributed by atoms with E-state index in [1.54, 1.807) is 0 Å². The summed E-state index contributed by atoms with van der Waals surface area (Å²) in [7, 11) is 1.44. The van der Waals surface area contributed by atoms with Gasteiger partial charge in [-0.15, -0.1) is 6.58 Å². The number of rotatable bonds is 9. The Morgan fingerprint density at radius 1 is 1.00 bits per heavy atom. The van der Waals surface area contributed by atoms with Crippen molar-refractivity contribution in [3.05, 3.63) is 12.2 Å². The molecular weight excluding hydrogens is 188 g/mol. The molecule has 0 aromatic rings. The smallest absolute Gasteiger partial charge is 0.305 e. The zero-order valence-electron chi connectivity index (χ0n) is 10.2. The average Bonchev–Trinajstić information content (AvgIpc) is 2.21. The molecule has 0 bridgehead atoms. The van der Waals surface area contributed by atoms with E-state index in [4.69, 9.17) is 0 Å². The summed E-state index contributed by atoms with van der Waals surface area (Å²) >= 11 is 0. The first-order chi connectivity index (χ1) is 7.16. The van der Waals surface area contributed by atoms with Gasteiger partial charge < -0.3 is 4.74 Å². The number of hydrogen-bond donors (Lipinski definition) is 0. The Labute approximate surface area is 93.7 Å². The molecule has 0 aliphatic rings. The molecule has 0 amide bonds. The Morgan fingerprint density at radius 3 is 1.93 bits per heavy atom. The minimum absolute atomic E-state index is 0.0858. The van der Waals surface area contributed by atoms with E-state index in [-0.39, 0.29) is 5.97 Å². The molecule has 2 nitrogen and oxygen atoms in total. The van der Waals surface area contributed by atoms with E-state index in [0.29, 0.717) is 6.42 Å². The first-order valence-electron chi connectivity index (χ1n) is 5.88. The van der Waals surface area contributed by atoms with Gasteiger partial charge in [-0.1, -0.05) is 31.3 Å². The number of allylic oxidation sites excluding steroid dienone is 1. The van der Waals surface area contributed by atoms with Crippen molar-refractivity contribution >= 4 is 5.97 Å². The molecule has 0 N–H and O–H groups in total. The van der Waals surface area contributed by atoms with Crippen molar-refractivity contribution in [2.45, 2.75) is 58.3 Å². The first kappa shape index (κ1) is 14.2. The fraction of sp³-hybridized carbons (Fsp3) is 0.769. The summed E-state index contributed by atoms with van der Waals surface area (Å²) < 4.78 is 4.57. The largest absolute Gasteiger partial charge is 0.469 e. The maximum absolute atomic E-state index is 10.8. The van der Waals surface area contributed by atoms with Gasteiger partial charge in [0, 0.05) is 6.42 Å². The number of ether oxygens (including phenoxy) is 1. The Balaban J connectivity index is 3.05. The van der Waals surface area contributed by atoms with E-state index in [2.05, 4.69) is 18.2 Å². The molecule has 0 radical (unpaired) electrons. The van der Waals surface area contributed by atoms with Gasteiger partial charge in [-0.25, -0.2) is 0 Å². The number of hydrogen-bond acceptors (Lipinski definition) is 2. The minimum Gasteiger partial charge on any atom is -0.469 e. The Kier molecular flexibility index (Phi) is 9.24. The van der Waals surface area contributed by atoms with Crippen molar-refractivity contribution in [1.82, 2.24) is 0 Å². The van der Waals surface area contributed by atoms with Gasteiger partial charge in [0.2, 0.25) is 0 Å². The van der Waals surface area contributed by atoms with Gasteiger partial charge in [-0.3, -0.25) is 4.79 Å². The molecule has 2 heteroatoms. The lowest BCUT2D eigenvalue weighted by Crippen LogP contribution is -1.99. The van der Waals surface area contributed by atoms with Crippen molar-refractivity contribution in [2.24, 2.45) is 0 Å². The van der Waals surface area contributed by atoms with Gasteiger partial charge in [0.25, 0.3) is 0 Å². The third-order valence-corrected chi connectivity index (χ3v) is 2.46. The maximum atomic E-state index is 10.8. The third kappa shape index (κ3) is 11.1. The molecule has 0 heterocycles. The molecule has 0 atom stereocenters. The maximum Gasteiger partial charge on any atom is 0.305 e. The van der Waals surface area contributed by atoms with Crippen LogP contribution in [0.25, 0.3) is 0 Å². The average molecular weight is 212 g/mol. The van der Waals surface area contributed by atoms with Gasteiger partial charge in [-0.2, -0.15) is 0 Å². The highest BCUT2D eigenvalue weighted by molar-refractivity contribution is 5.68. The van der Waals surface area contributed by atoms with E-state index in [1.165, 1.54) is 38.4 Å². The summed E-state index contributed by atoms with van der Waals surface area (Å²) in [6.45, 7) is 5.96. The number of esters is 1. The molecule has 15 heavy (non-hydrogen) atoms. The quantitative estimate of drug-likeness (QED) is 0.329. The highest BCUT2D eigenvalue weighted by atomic mass is 16.5. The van der Waals surface area contributed by atoms with E-state index in [1.807, 2.05) is 0 Å². The van der Waals surface area contributed by atoms with Crippen molar-refractivity contribution in [3.8, 4) is 0 Å². The topological polar surface area (TPSA) is 26.3 Å². The molecule has 0 unspecified atom stereocenters. The van der Waals surface area contributed by atoms with Crippen LogP contribution in [0.2, 0.25) is 0 Å². The molecule has 0 aliphatic heterocycles. The molecule has 0 aliphatic carbocycles. The predicted octanol–water partition coefficient (Wildman–Crippen LogP) is 3.86. The zero-order chi connectivity index (χ0) is 11.5. The fourth-order valence-electron chi connectivity index (χ4n) is 1.51. The number of carbonyl (C=O) groups excluding carboxylic acids is 1. The first-order valence-corrected chi connectivity index (χ1v) is 5.88. The molecule has 0 aromatic carbocycles. The Morgan fingerprint density at radius 2 is 1.47 bits per heavy atom. The van der Waals surface area contributed by atoms with Crippen LogP contribution in [0.4, 0.5) is 0 Å². The molecule has 0 aromatic heterocycles. The number of methoxy groups -OCH3 is 1. The van der Waals surface area contributed by atoms with Gasteiger partial charge >= 0.3 is 5.97 Å². The van der Waals surface area contributed by atoms with Crippen LogP contribution in [-0.2, 0) is 9.53 Å². The van der Waals surface area contributed by atoms with Crippen molar-refractivity contribution in [1.29, 1.82) is 0 Å². The normalized spacial score (nSPS) is 10.0. The van der Waals surface area contributed by atoms with Crippen LogP contribution in [-0.4, -0.2) is 13.1 Å². The standard InChI is InChI=1S/C13H24O2/c1-12(2)10-8-6-4-5-7-9-11-13(14)15-3/h1,4-11H2,2-3H3. The van der Waals surface area contributed by atoms with Gasteiger partial charge in [0.05, 0.1) is 7.11 Å². The van der Waals surface area contributed by atoms with E-state index in [9.17, 15) is 4.79 Å². The minimum atomic E-state index is -0.0858. The van der Waals surface area contributed by atoms with Crippen LogP contribution >= 0.6 is 0 Å². The van der Waals surface area contributed by atoms with E-state index in [0.717, 1.165) is 19.3 Å². The van der Waals surface area contributed by atoms with Crippen molar-refractivity contribution in [3.63, 3.8) is 0 Å². The highest BCUT2D eigenvalue weighted by Crippen LogP contribution is 2.11. The highest BCUT2D eigenvalue weighted by Gasteiger charge is 1.98. The Bertz CT molecular complexity index is 185. The molecule has 0 saturated heterocycles. The van der Waals surface area contributed by atoms with Crippen LogP contribution in [0.5, 0.6) is 0 Å². The molecular formula is C13H24O2. The van der Waals surface area contributed by atoms with E-state index < -0.39 is 0 Å². The van der Waals surface area contributed by atoms with Gasteiger partial charge in [-0.05, 0) is 26.2 Å². The predicted molar refractivity (Wildman–Crippen MR) is 63.8 cm³/mol. The Hall–Kier alpha value is -0.790. The summed E-state index contributed by atoms with van der Waals surface area (Å²) in [6, 6.07) is 0. The lowest BCUT2D eigenvalue weighted by molar-refractivity contribution is -0.140. The van der Waals surface area contributed by atoms with Crippen LogP contribution in [0.1, 0.15) is 58.3 Å². The van der Waals surface area contributed by atoms with Gasteiger partial charge in [0.1, 0.15) is 0 Å². The summed E-state index contributed by atoms with van der Waals surface area (Å²) in [5.41, 5.74) is 1.28. The summed E-state index contributed by atoms with van der Waals surface area (Å²) in [5.74, 6) is -0.0858. The summed E-state index contributed by atoms with van der Waals surface area (Å²) in [6.07, 6.45) is 8.87. The second-order valence-corrected chi connectivity index (χ2v) is 4.15. The molecule has 0 rings (SSSR count). The lowest BCUT2D eigenvalue weighted by Gasteiger charge is -2.01. The number of unbranched alkanes of at least 4 members (excludes halogenated alkanes) is 5. The third-order valence-electron chi connectivity index (χ3n) is 2.46. The monoisotopic (exact) mass is 212 g/mol. The van der Waals surface area contributed by atoms with Crippen LogP contribution in [0, 0.1) is 0 Å². The van der Waals surface area contributed by atoms with Crippen molar-refractivity contribution < 1.29 is 9.53 Å². The molecule has 0 spiro atoms. The molecule has 0 fully saturated rings. The van der Waals surface area contributed by atoms with Crippen LogP contribution < -0.4 is 0 Å². The van der Waals surface area contributed by atoms with Crippen LogP contribution in [0.15, 0.2) is 12.2 Å². The molecule has 88 valence electrons. The summed E-state index contributed by atoms with van der Waals surface area (Å²) in [4.78, 5) is 10.8. The lowest BCUT2D eigenvalue weighted by atomic mass is 10.1.